The van der Waals surface area contributed by atoms with E-state index in [0.717, 1.165) is 13.1 Å². The van der Waals surface area contributed by atoms with Crippen molar-refractivity contribution in [1.29, 1.82) is 0 Å². The molecule has 1 heterocycles. The largest absolute Gasteiger partial charge is 0.300 e. The average molecular weight is 288 g/mol. The van der Waals surface area contributed by atoms with Crippen LogP contribution in [0.5, 0.6) is 0 Å². The maximum absolute atomic E-state index is 11.3. The summed E-state index contributed by atoms with van der Waals surface area (Å²) >= 11 is 0. The Morgan fingerprint density at radius 1 is 1.38 bits per heavy atom. The van der Waals surface area contributed by atoms with Gasteiger partial charge in [0.1, 0.15) is 0 Å². The standard InChI is InChI=1S/C14H20N6O/c1-11-3-5-12(6-4-11)9-19(2)7-8-20-10-13(17-18-20)14(21)16-15/h3-6,10H,7-9,15H2,1-2H3,(H,16,21). The molecule has 21 heavy (non-hydrogen) atoms. The molecule has 0 bridgehead atoms. The number of nitrogens with zero attached hydrogens (tertiary/aromatic N) is 4. The zero-order valence-electron chi connectivity index (χ0n) is 12.3. The third-order valence-electron chi connectivity index (χ3n) is 3.19. The Bertz CT molecular complexity index is 592. The third-order valence-corrected chi connectivity index (χ3v) is 3.19. The first-order chi connectivity index (χ1) is 10.1. The van der Waals surface area contributed by atoms with Crippen molar-refractivity contribution >= 4 is 5.91 Å². The molecule has 7 heteroatoms. The molecule has 0 fully saturated rings. The molecule has 0 radical (unpaired) electrons. The minimum absolute atomic E-state index is 0.221. The van der Waals surface area contributed by atoms with Crippen LogP contribution in [0, 0.1) is 6.92 Å². The van der Waals surface area contributed by atoms with E-state index in [1.54, 1.807) is 10.9 Å². The van der Waals surface area contributed by atoms with E-state index in [2.05, 4.69) is 46.4 Å². The number of nitrogen functional groups attached to an aromatic ring is 1. The molecule has 0 saturated carbocycles. The van der Waals surface area contributed by atoms with Gasteiger partial charge in [0.25, 0.3) is 5.91 Å². The van der Waals surface area contributed by atoms with Crippen LogP contribution in [0.2, 0.25) is 0 Å². The van der Waals surface area contributed by atoms with Gasteiger partial charge in [-0.05, 0) is 19.5 Å². The lowest BCUT2D eigenvalue weighted by Crippen LogP contribution is -2.30. The van der Waals surface area contributed by atoms with E-state index < -0.39 is 5.91 Å². The van der Waals surface area contributed by atoms with E-state index >= 15 is 0 Å². The Labute approximate surface area is 123 Å². The second-order valence-corrected chi connectivity index (χ2v) is 5.06. The van der Waals surface area contributed by atoms with Crippen LogP contribution in [0.25, 0.3) is 0 Å². The van der Waals surface area contributed by atoms with Crippen LogP contribution in [0.3, 0.4) is 0 Å². The van der Waals surface area contributed by atoms with Crippen molar-refractivity contribution in [2.45, 2.75) is 20.0 Å². The molecule has 112 valence electrons. The Morgan fingerprint density at radius 2 is 2.10 bits per heavy atom. The number of carbonyl (C=O) groups excluding carboxylic acids is 1. The Hall–Kier alpha value is -2.25. The first-order valence-electron chi connectivity index (χ1n) is 6.73. The molecule has 0 unspecified atom stereocenters. The van der Waals surface area contributed by atoms with Gasteiger partial charge in [-0.25, -0.2) is 5.84 Å². The number of nitrogens with one attached hydrogen (secondary N) is 1. The van der Waals surface area contributed by atoms with Gasteiger partial charge in [0.05, 0.1) is 12.7 Å². The summed E-state index contributed by atoms with van der Waals surface area (Å²) in [4.78, 5) is 13.5. The molecule has 7 nitrogen and oxygen atoms in total. The zero-order chi connectivity index (χ0) is 15.2. The van der Waals surface area contributed by atoms with Crippen LogP contribution in [-0.2, 0) is 13.1 Å². The van der Waals surface area contributed by atoms with Gasteiger partial charge in [-0.3, -0.25) is 14.9 Å². The number of hydrogen-bond acceptors (Lipinski definition) is 5. The maximum atomic E-state index is 11.3. The quantitative estimate of drug-likeness (QED) is 0.454. The molecular formula is C14H20N6O. The molecule has 0 aliphatic rings. The maximum Gasteiger partial charge on any atom is 0.287 e. The summed E-state index contributed by atoms with van der Waals surface area (Å²) in [5, 5.41) is 7.66. The first-order valence-corrected chi connectivity index (χ1v) is 6.73. The van der Waals surface area contributed by atoms with Crippen molar-refractivity contribution in [1.82, 2.24) is 25.3 Å². The molecule has 0 spiro atoms. The fourth-order valence-corrected chi connectivity index (χ4v) is 1.94. The molecule has 0 aliphatic heterocycles. The summed E-state index contributed by atoms with van der Waals surface area (Å²) in [6, 6.07) is 8.48. The minimum atomic E-state index is -0.436. The number of nitrogens with two attached hydrogens (primary N) is 1. The predicted octanol–water partition coefficient (Wildman–Crippen LogP) is 0.322. The van der Waals surface area contributed by atoms with E-state index in [0.29, 0.717) is 6.54 Å². The van der Waals surface area contributed by atoms with E-state index in [9.17, 15) is 4.79 Å². The number of hydrazine groups is 1. The molecule has 2 rings (SSSR count). The summed E-state index contributed by atoms with van der Waals surface area (Å²) in [6.07, 6.45) is 1.59. The fourth-order valence-electron chi connectivity index (χ4n) is 1.94. The number of carbonyl (C=O) groups is 1. The Morgan fingerprint density at radius 3 is 2.76 bits per heavy atom. The van der Waals surface area contributed by atoms with Crippen molar-refractivity contribution in [2.75, 3.05) is 13.6 Å². The number of rotatable bonds is 6. The smallest absolute Gasteiger partial charge is 0.287 e. The molecule has 0 atom stereocenters. The third kappa shape index (κ3) is 4.37. The van der Waals surface area contributed by atoms with Gasteiger partial charge in [-0.1, -0.05) is 35.0 Å². The summed E-state index contributed by atoms with van der Waals surface area (Å²) in [6.45, 7) is 4.41. The van der Waals surface area contributed by atoms with Crippen molar-refractivity contribution in [3.63, 3.8) is 0 Å². The summed E-state index contributed by atoms with van der Waals surface area (Å²) < 4.78 is 1.64. The van der Waals surface area contributed by atoms with Crippen LogP contribution in [-0.4, -0.2) is 39.4 Å². The van der Waals surface area contributed by atoms with Crippen molar-refractivity contribution in [2.24, 2.45) is 5.84 Å². The number of benzene rings is 1. The van der Waals surface area contributed by atoms with Crippen LogP contribution >= 0.6 is 0 Å². The van der Waals surface area contributed by atoms with E-state index in [-0.39, 0.29) is 5.69 Å². The number of aryl methyl sites for hydroxylation is 1. The topological polar surface area (TPSA) is 89.1 Å². The van der Waals surface area contributed by atoms with Crippen molar-refractivity contribution < 1.29 is 4.79 Å². The predicted molar refractivity (Wildman–Crippen MR) is 79.2 cm³/mol. The average Bonchev–Trinajstić information content (AvgIpc) is 2.96. The van der Waals surface area contributed by atoms with Gasteiger partial charge in [-0.2, -0.15) is 0 Å². The summed E-state index contributed by atoms with van der Waals surface area (Å²) in [7, 11) is 2.05. The van der Waals surface area contributed by atoms with Crippen molar-refractivity contribution in [3.8, 4) is 0 Å². The van der Waals surface area contributed by atoms with Crippen molar-refractivity contribution in [3.05, 3.63) is 47.3 Å². The Balaban J connectivity index is 1.83. The highest BCUT2D eigenvalue weighted by molar-refractivity contribution is 5.91. The molecule has 1 amide bonds. The van der Waals surface area contributed by atoms with Crippen LogP contribution < -0.4 is 11.3 Å². The second-order valence-electron chi connectivity index (χ2n) is 5.06. The SMILES string of the molecule is Cc1ccc(CN(C)CCn2cc(C(=O)NN)nn2)cc1. The van der Waals surface area contributed by atoms with Crippen LogP contribution in [0.4, 0.5) is 0 Å². The molecule has 2 aromatic rings. The van der Waals surface area contributed by atoms with E-state index in [4.69, 9.17) is 5.84 Å². The lowest BCUT2D eigenvalue weighted by Gasteiger charge is -2.16. The normalized spacial score (nSPS) is 10.9. The molecule has 1 aromatic carbocycles. The molecule has 0 saturated heterocycles. The minimum Gasteiger partial charge on any atom is -0.300 e. The first kappa shape index (κ1) is 15.1. The Kier molecular flexibility index (Phi) is 5.02. The lowest BCUT2D eigenvalue weighted by atomic mass is 10.1. The van der Waals surface area contributed by atoms with Gasteiger partial charge in [0.15, 0.2) is 5.69 Å². The fraction of sp³-hybridized carbons (Fsp3) is 0.357. The van der Waals surface area contributed by atoms with Crippen LogP contribution in [0.15, 0.2) is 30.5 Å². The number of amides is 1. The molecule has 1 aromatic heterocycles. The van der Waals surface area contributed by atoms with Gasteiger partial charge in [0.2, 0.25) is 0 Å². The van der Waals surface area contributed by atoms with Gasteiger partial charge in [0, 0.05) is 13.1 Å². The highest BCUT2D eigenvalue weighted by Gasteiger charge is 2.09. The molecular weight excluding hydrogens is 268 g/mol. The van der Waals surface area contributed by atoms with Gasteiger partial charge in [-0.15, -0.1) is 5.10 Å². The number of hydrogen-bond donors (Lipinski definition) is 2. The number of likely N-dealkylation sites (N-methyl/N-ethyl adjacent to an activating group) is 1. The van der Waals surface area contributed by atoms with Gasteiger partial charge >= 0.3 is 0 Å². The highest BCUT2D eigenvalue weighted by Crippen LogP contribution is 2.05. The van der Waals surface area contributed by atoms with E-state index in [1.165, 1.54) is 11.1 Å². The van der Waals surface area contributed by atoms with Crippen LogP contribution in [0.1, 0.15) is 21.6 Å². The summed E-state index contributed by atoms with van der Waals surface area (Å²) in [5.41, 5.74) is 4.78. The van der Waals surface area contributed by atoms with E-state index in [1.807, 2.05) is 12.5 Å². The molecule has 3 N–H and O–H groups in total. The zero-order valence-corrected chi connectivity index (χ0v) is 12.3. The summed E-state index contributed by atoms with van der Waals surface area (Å²) in [5.74, 6) is 4.61. The monoisotopic (exact) mass is 288 g/mol. The lowest BCUT2D eigenvalue weighted by molar-refractivity contribution is 0.0948. The second kappa shape index (κ2) is 6.96. The number of aromatic nitrogens is 3. The van der Waals surface area contributed by atoms with Gasteiger partial charge < -0.3 is 4.90 Å². The highest BCUT2D eigenvalue weighted by atomic mass is 16.2. The molecule has 0 aliphatic carbocycles.